The van der Waals surface area contributed by atoms with E-state index in [1.165, 1.54) is 23.3 Å². The van der Waals surface area contributed by atoms with Crippen LogP contribution in [-0.4, -0.2) is 41.3 Å². The van der Waals surface area contributed by atoms with Crippen LogP contribution in [0.4, 0.5) is 0 Å². The van der Waals surface area contributed by atoms with Crippen LogP contribution in [0.25, 0.3) is 11.0 Å². The summed E-state index contributed by atoms with van der Waals surface area (Å²) in [5, 5.41) is 2.08. The quantitative estimate of drug-likeness (QED) is 0.377. The molecule has 7 nitrogen and oxygen atoms in total. The molecule has 0 aliphatic rings. The van der Waals surface area contributed by atoms with Crippen LogP contribution in [0.3, 0.4) is 0 Å². The molecule has 0 amide bonds. The van der Waals surface area contributed by atoms with Crippen molar-refractivity contribution < 1.29 is 12.8 Å². The average Bonchev–Trinajstić information content (AvgIpc) is 3.48. The number of sulfonamides is 1. The minimum atomic E-state index is -3.51. The molecule has 0 radical (unpaired) electrons. The zero-order valence-electron chi connectivity index (χ0n) is 17.9. The summed E-state index contributed by atoms with van der Waals surface area (Å²) in [5.41, 5.74) is 1.62. The predicted molar refractivity (Wildman–Crippen MR) is 122 cm³/mol. The first-order valence-electron chi connectivity index (χ1n) is 10.1. The van der Waals surface area contributed by atoms with Crippen molar-refractivity contribution in [1.82, 2.24) is 18.8 Å². The Kier molecular flexibility index (Phi) is 6.29. The number of imidazole rings is 1. The van der Waals surface area contributed by atoms with Crippen molar-refractivity contribution in [3.05, 3.63) is 70.6 Å². The minimum absolute atomic E-state index is 0.253. The second kappa shape index (κ2) is 8.96. The van der Waals surface area contributed by atoms with Gasteiger partial charge in [-0.3, -0.25) is 4.90 Å². The number of fused-ring (bicyclic) bond motifs is 1. The van der Waals surface area contributed by atoms with Gasteiger partial charge in [-0.05, 0) is 48.7 Å². The van der Waals surface area contributed by atoms with E-state index in [4.69, 9.17) is 9.40 Å². The topological polar surface area (TPSA) is 71.6 Å². The maximum absolute atomic E-state index is 12.5. The molecule has 1 aromatic carbocycles. The van der Waals surface area contributed by atoms with Crippen LogP contribution in [-0.2, 0) is 36.2 Å². The number of furan rings is 1. The standard InChI is InChI=1S/C22H26N4O3S2/c1-4-26-21-10-9-19(31(27,28)24(2)3)13-20(21)23-22(26)16-25(14-17-7-5-11-29-17)15-18-8-6-12-30-18/h5-13H,4,14-16H2,1-3H3. The Bertz CT molecular complexity index is 1210. The molecule has 3 aromatic heterocycles. The van der Waals surface area contributed by atoms with Crippen molar-refractivity contribution in [1.29, 1.82) is 0 Å². The van der Waals surface area contributed by atoms with Gasteiger partial charge in [-0.15, -0.1) is 11.3 Å². The third-order valence-corrected chi connectivity index (χ3v) is 7.85. The van der Waals surface area contributed by atoms with Crippen LogP contribution in [0.5, 0.6) is 0 Å². The molecular formula is C22H26N4O3S2. The zero-order valence-corrected chi connectivity index (χ0v) is 19.5. The third kappa shape index (κ3) is 4.59. The van der Waals surface area contributed by atoms with E-state index in [-0.39, 0.29) is 4.90 Å². The highest BCUT2D eigenvalue weighted by atomic mass is 32.2. The molecule has 0 spiro atoms. The summed E-state index contributed by atoms with van der Waals surface area (Å²) < 4.78 is 34.0. The van der Waals surface area contributed by atoms with E-state index in [2.05, 4.69) is 33.9 Å². The van der Waals surface area contributed by atoms with Crippen LogP contribution in [0.15, 0.2) is 63.4 Å². The molecule has 164 valence electrons. The van der Waals surface area contributed by atoms with E-state index in [9.17, 15) is 8.42 Å². The molecule has 0 unspecified atom stereocenters. The van der Waals surface area contributed by atoms with Gasteiger partial charge in [-0.25, -0.2) is 17.7 Å². The Labute approximate surface area is 186 Å². The van der Waals surface area contributed by atoms with Crippen molar-refractivity contribution in [2.75, 3.05) is 14.1 Å². The molecule has 0 aliphatic heterocycles. The number of benzene rings is 1. The molecule has 0 N–H and O–H groups in total. The van der Waals surface area contributed by atoms with Gasteiger partial charge >= 0.3 is 0 Å². The number of thiophene rings is 1. The van der Waals surface area contributed by atoms with Gasteiger partial charge in [0.05, 0.1) is 35.3 Å². The van der Waals surface area contributed by atoms with Crippen LogP contribution >= 0.6 is 11.3 Å². The molecule has 3 heterocycles. The summed E-state index contributed by atoms with van der Waals surface area (Å²) in [4.78, 5) is 8.64. The van der Waals surface area contributed by atoms with Gasteiger partial charge in [0.25, 0.3) is 0 Å². The molecule has 4 rings (SSSR count). The highest BCUT2D eigenvalue weighted by molar-refractivity contribution is 7.89. The summed E-state index contributed by atoms with van der Waals surface area (Å²) in [6.45, 7) is 4.89. The number of rotatable bonds is 9. The molecule has 4 aromatic rings. The molecule has 0 atom stereocenters. The number of aryl methyl sites for hydroxylation is 1. The molecule has 9 heteroatoms. The van der Waals surface area contributed by atoms with Gasteiger partial charge in [0.2, 0.25) is 10.0 Å². The highest BCUT2D eigenvalue weighted by Crippen LogP contribution is 2.24. The molecule has 0 saturated carbocycles. The second-order valence-corrected chi connectivity index (χ2v) is 10.7. The van der Waals surface area contributed by atoms with E-state index in [1.807, 2.05) is 18.2 Å². The van der Waals surface area contributed by atoms with Crippen LogP contribution in [0.2, 0.25) is 0 Å². The lowest BCUT2D eigenvalue weighted by atomic mass is 10.3. The first-order valence-corrected chi connectivity index (χ1v) is 12.4. The predicted octanol–water partition coefficient (Wildman–Crippen LogP) is 4.16. The third-order valence-electron chi connectivity index (χ3n) is 5.18. The lowest BCUT2D eigenvalue weighted by molar-refractivity contribution is 0.221. The largest absolute Gasteiger partial charge is 0.468 e. The molecule has 0 aliphatic carbocycles. The van der Waals surface area contributed by atoms with Gasteiger partial charge in [0.15, 0.2) is 0 Å². The number of hydrogen-bond acceptors (Lipinski definition) is 6. The Morgan fingerprint density at radius 1 is 1.10 bits per heavy atom. The van der Waals surface area contributed by atoms with Crippen molar-refractivity contribution in [2.24, 2.45) is 0 Å². The van der Waals surface area contributed by atoms with E-state index in [0.29, 0.717) is 18.6 Å². The second-order valence-electron chi connectivity index (χ2n) is 7.51. The van der Waals surface area contributed by atoms with E-state index >= 15 is 0 Å². The van der Waals surface area contributed by atoms with Crippen LogP contribution in [0, 0.1) is 0 Å². The SMILES string of the molecule is CCn1c(CN(Cc2ccco2)Cc2cccs2)nc2cc(S(=O)(=O)N(C)C)ccc21. The van der Waals surface area contributed by atoms with Crippen molar-refractivity contribution in [2.45, 2.75) is 38.0 Å². The van der Waals surface area contributed by atoms with Crippen LogP contribution < -0.4 is 0 Å². The fourth-order valence-electron chi connectivity index (χ4n) is 3.62. The Balaban J connectivity index is 1.68. The molecule has 0 bridgehead atoms. The fourth-order valence-corrected chi connectivity index (χ4v) is 5.29. The van der Waals surface area contributed by atoms with E-state index < -0.39 is 10.0 Å². The molecule has 31 heavy (non-hydrogen) atoms. The van der Waals surface area contributed by atoms with Gasteiger partial charge in [0, 0.05) is 32.1 Å². The van der Waals surface area contributed by atoms with Crippen molar-refractivity contribution in [3.63, 3.8) is 0 Å². The van der Waals surface area contributed by atoms with Crippen molar-refractivity contribution in [3.8, 4) is 0 Å². The van der Waals surface area contributed by atoms with Gasteiger partial charge in [-0.1, -0.05) is 6.07 Å². The number of aromatic nitrogens is 2. The van der Waals surface area contributed by atoms with Crippen LogP contribution in [0.1, 0.15) is 23.4 Å². The highest BCUT2D eigenvalue weighted by Gasteiger charge is 2.21. The summed E-state index contributed by atoms with van der Waals surface area (Å²) in [5.74, 6) is 1.80. The summed E-state index contributed by atoms with van der Waals surface area (Å²) in [6.07, 6.45) is 1.69. The normalized spacial score (nSPS) is 12.4. The first-order chi connectivity index (χ1) is 14.9. The molecular weight excluding hydrogens is 432 g/mol. The smallest absolute Gasteiger partial charge is 0.242 e. The Morgan fingerprint density at radius 2 is 1.94 bits per heavy atom. The monoisotopic (exact) mass is 458 g/mol. The lowest BCUT2D eigenvalue weighted by Gasteiger charge is -2.20. The summed E-state index contributed by atoms with van der Waals surface area (Å²) in [7, 11) is -0.439. The van der Waals surface area contributed by atoms with E-state index in [1.54, 1.807) is 29.7 Å². The lowest BCUT2D eigenvalue weighted by Crippen LogP contribution is -2.23. The fraction of sp³-hybridized carbons (Fsp3) is 0.318. The maximum atomic E-state index is 12.5. The maximum Gasteiger partial charge on any atom is 0.242 e. The number of nitrogens with zero attached hydrogens (tertiary/aromatic N) is 4. The van der Waals surface area contributed by atoms with E-state index in [0.717, 1.165) is 30.2 Å². The molecule has 0 saturated heterocycles. The van der Waals surface area contributed by atoms with Gasteiger partial charge in [0.1, 0.15) is 11.6 Å². The minimum Gasteiger partial charge on any atom is -0.468 e. The summed E-state index contributed by atoms with van der Waals surface area (Å²) >= 11 is 1.73. The Morgan fingerprint density at radius 3 is 2.58 bits per heavy atom. The van der Waals surface area contributed by atoms with Crippen molar-refractivity contribution >= 4 is 32.4 Å². The number of hydrogen-bond donors (Lipinski definition) is 0. The van der Waals surface area contributed by atoms with Gasteiger partial charge < -0.3 is 8.98 Å². The molecule has 0 fully saturated rings. The zero-order chi connectivity index (χ0) is 22.0. The Hall–Kier alpha value is -2.46. The average molecular weight is 459 g/mol. The first kappa shape index (κ1) is 21.8. The summed E-state index contributed by atoms with van der Waals surface area (Å²) in [6, 6.07) is 13.2. The van der Waals surface area contributed by atoms with Gasteiger partial charge in [-0.2, -0.15) is 0 Å².